The minimum Gasteiger partial charge on any atom is -0.469 e. The number of carbonyl (C=O) groups excluding carboxylic acids is 1. The van der Waals surface area contributed by atoms with Crippen molar-refractivity contribution in [2.24, 2.45) is 0 Å². The first kappa shape index (κ1) is 14.8. The van der Waals surface area contributed by atoms with E-state index >= 15 is 0 Å². The van der Waals surface area contributed by atoms with E-state index in [0.29, 0.717) is 30.5 Å². The lowest BCUT2D eigenvalue weighted by Gasteiger charge is -2.04. The molecule has 0 aliphatic heterocycles. The molecule has 0 aromatic carbocycles. The van der Waals surface area contributed by atoms with Gasteiger partial charge >= 0.3 is 0 Å². The van der Waals surface area contributed by atoms with Crippen LogP contribution in [0.5, 0.6) is 0 Å². The number of pyridine rings is 1. The molecule has 0 atom stereocenters. The maximum Gasteiger partial charge on any atom is 0.252 e. The van der Waals surface area contributed by atoms with Crippen molar-refractivity contribution in [1.29, 1.82) is 0 Å². The first-order valence-corrected chi connectivity index (χ1v) is 6.65. The van der Waals surface area contributed by atoms with Crippen LogP contribution in [0, 0.1) is 11.8 Å². The molecule has 0 saturated carbocycles. The van der Waals surface area contributed by atoms with E-state index in [0.717, 1.165) is 5.76 Å². The second-order valence-corrected chi connectivity index (χ2v) is 4.32. The number of nitrogens with zero attached hydrogens (tertiary/aromatic N) is 1. The van der Waals surface area contributed by atoms with E-state index in [9.17, 15) is 4.79 Å². The Hall–Kier alpha value is -2.58. The Morgan fingerprint density at radius 1 is 1.43 bits per heavy atom. The summed E-state index contributed by atoms with van der Waals surface area (Å²) in [6.07, 6.45) is 5.74. The molecule has 108 valence electrons. The van der Waals surface area contributed by atoms with Crippen LogP contribution < -0.4 is 5.32 Å². The van der Waals surface area contributed by atoms with Crippen LogP contribution in [0.4, 0.5) is 0 Å². The summed E-state index contributed by atoms with van der Waals surface area (Å²) in [5.74, 6) is 6.28. The number of rotatable bonds is 5. The minimum absolute atomic E-state index is 0.0212. The third-order valence-electron chi connectivity index (χ3n) is 2.71. The fourth-order valence-electron chi connectivity index (χ4n) is 1.71. The molecule has 0 fully saturated rings. The molecule has 0 bridgehead atoms. The number of amides is 1. The normalized spacial score (nSPS) is 9.76. The summed E-state index contributed by atoms with van der Waals surface area (Å²) in [6.45, 7) is 0.514. The fraction of sp³-hybridized carbons (Fsp3) is 0.250. The molecule has 5 heteroatoms. The molecule has 2 rings (SSSR count). The van der Waals surface area contributed by atoms with Gasteiger partial charge in [-0.05, 0) is 18.2 Å². The molecule has 0 saturated heterocycles. The van der Waals surface area contributed by atoms with Gasteiger partial charge in [0.1, 0.15) is 5.76 Å². The maximum absolute atomic E-state index is 12.0. The number of furan rings is 1. The highest BCUT2D eigenvalue weighted by molar-refractivity contribution is 5.94. The van der Waals surface area contributed by atoms with Crippen molar-refractivity contribution in [3.05, 3.63) is 53.7 Å². The first-order chi connectivity index (χ1) is 10.3. The van der Waals surface area contributed by atoms with Crippen LogP contribution >= 0.6 is 0 Å². The van der Waals surface area contributed by atoms with Gasteiger partial charge in [-0.3, -0.25) is 9.78 Å². The van der Waals surface area contributed by atoms with Crippen molar-refractivity contribution >= 4 is 5.91 Å². The van der Waals surface area contributed by atoms with Crippen molar-refractivity contribution in [3.63, 3.8) is 0 Å². The van der Waals surface area contributed by atoms with E-state index in [1.807, 2.05) is 12.1 Å². The van der Waals surface area contributed by atoms with Crippen LogP contribution in [0.1, 0.15) is 28.1 Å². The van der Waals surface area contributed by atoms with Crippen LogP contribution in [-0.4, -0.2) is 29.1 Å². The number of nitrogens with one attached hydrogen (secondary N) is 1. The summed E-state index contributed by atoms with van der Waals surface area (Å²) in [7, 11) is 0. The van der Waals surface area contributed by atoms with E-state index in [2.05, 4.69) is 22.1 Å². The summed E-state index contributed by atoms with van der Waals surface area (Å²) < 4.78 is 5.19. The van der Waals surface area contributed by atoms with Gasteiger partial charge in [0.25, 0.3) is 5.91 Å². The number of aliphatic hydroxyl groups excluding tert-OH is 1. The second kappa shape index (κ2) is 7.88. The zero-order valence-electron chi connectivity index (χ0n) is 11.5. The standard InChI is InChI=1S/C16H16N2O3/c19-8-2-1-4-13-10-14(12-17-11-13)16(20)18-7-6-15-5-3-9-21-15/h3,5,9-12,19H,2,6-8H2,(H,18,20). The first-order valence-electron chi connectivity index (χ1n) is 6.65. The highest BCUT2D eigenvalue weighted by atomic mass is 16.3. The summed E-state index contributed by atoms with van der Waals surface area (Å²) in [6, 6.07) is 5.36. The van der Waals surface area contributed by atoms with E-state index in [1.165, 1.54) is 6.20 Å². The van der Waals surface area contributed by atoms with Crippen LogP contribution in [0.15, 0.2) is 41.3 Å². The lowest BCUT2D eigenvalue weighted by Crippen LogP contribution is -2.25. The molecule has 0 aliphatic rings. The SMILES string of the molecule is O=C(NCCc1ccco1)c1cncc(C#CCCO)c1. The maximum atomic E-state index is 12.0. The van der Waals surface area contributed by atoms with E-state index in [4.69, 9.17) is 9.52 Å². The average molecular weight is 284 g/mol. The van der Waals surface area contributed by atoms with E-state index in [1.54, 1.807) is 18.5 Å². The van der Waals surface area contributed by atoms with Gasteiger partial charge in [0.2, 0.25) is 0 Å². The number of hydrogen-bond donors (Lipinski definition) is 2. The molecular weight excluding hydrogens is 268 g/mol. The molecule has 0 aliphatic carbocycles. The van der Waals surface area contributed by atoms with Crippen molar-refractivity contribution < 1.29 is 14.3 Å². The van der Waals surface area contributed by atoms with Crippen molar-refractivity contribution in [2.75, 3.05) is 13.2 Å². The summed E-state index contributed by atoms with van der Waals surface area (Å²) in [5.41, 5.74) is 1.12. The quantitative estimate of drug-likeness (QED) is 0.813. The van der Waals surface area contributed by atoms with E-state index < -0.39 is 0 Å². The Labute approximate surface area is 123 Å². The van der Waals surface area contributed by atoms with Crippen LogP contribution in [0.3, 0.4) is 0 Å². The topological polar surface area (TPSA) is 75.4 Å². The Morgan fingerprint density at radius 3 is 3.10 bits per heavy atom. The number of aliphatic hydroxyl groups is 1. The predicted molar refractivity (Wildman–Crippen MR) is 77.6 cm³/mol. The highest BCUT2D eigenvalue weighted by Gasteiger charge is 2.06. The minimum atomic E-state index is -0.195. The lowest BCUT2D eigenvalue weighted by atomic mass is 10.2. The highest BCUT2D eigenvalue weighted by Crippen LogP contribution is 2.03. The Morgan fingerprint density at radius 2 is 2.33 bits per heavy atom. The van der Waals surface area contributed by atoms with Gasteiger partial charge in [0.15, 0.2) is 0 Å². The van der Waals surface area contributed by atoms with Crippen LogP contribution in [0.25, 0.3) is 0 Å². The molecule has 0 unspecified atom stereocenters. The molecule has 2 aromatic heterocycles. The molecule has 0 radical (unpaired) electrons. The van der Waals surface area contributed by atoms with Gasteiger partial charge < -0.3 is 14.8 Å². The van der Waals surface area contributed by atoms with Gasteiger partial charge in [0, 0.05) is 37.3 Å². The summed E-state index contributed by atoms with van der Waals surface area (Å²) in [4.78, 5) is 16.0. The Kier molecular flexibility index (Phi) is 5.56. The zero-order chi connectivity index (χ0) is 14.9. The monoisotopic (exact) mass is 284 g/mol. The lowest BCUT2D eigenvalue weighted by molar-refractivity contribution is 0.0953. The molecule has 21 heavy (non-hydrogen) atoms. The third kappa shape index (κ3) is 4.79. The predicted octanol–water partition coefficient (Wildman–Crippen LogP) is 1.38. The second-order valence-electron chi connectivity index (χ2n) is 4.32. The number of carbonyl (C=O) groups is 1. The van der Waals surface area contributed by atoms with Crippen molar-refractivity contribution in [3.8, 4) is 11.8 Å². The third-order valence-corrected chi connectivity index (χ3v) is 2.71. The van der Waals surface area contributed by atoms with Gasteiger partial charge in [-0.15, -0.1) is 0 Å². The summed E-state index contributed by atoms with van der Waals surface area (Å²) in [5, 5.41) is 11.5. The molecular formula is C16H16N2O3. The zero-order valence-corrected chi connectivity index (χ0v) is 11.5. The smallest absolute Gasteiger partial charge is 0.252 e. The molecule has 5 nitrogen and oxygen atoms in total. The largest absolute Gasteiger partial charge is 0.469 e. The van der Waals surface area contributed by atoms with E-state index in [-0.39, 0.29) is 12.5 Å². The fourth-order valence-corrected chi connectivity index (χ4v) is 1.71. The summed E-state index contributed by atoms with van der Waals surface area (Å²) >= 11 is 0. The molecule has 0 spiro atoms. The van der Waals surface area contributed by atoms with Crippen molar-refractivity contribution in [1.82, 2.24) is 10.3 Å². The molecule has 1 amide bonds. The molecule has 2 N–H and O–H groups in total. The Bertz CT molecular complexity index is 639. The van der Waals surface area contributed by atoms with Crippen molar-refractivity contribution in [2.45, 2.75) is 12.8 Å². The van der Waals surface area contributed by atoms with Gasteiger partial charge in [-0.2, -0.15) is 0 Å². The number of aromatic nitrogens is 1. The van der Waals surface area contributed by atoms with Gasteiger partial charge in [0.05, 0.1) is 18.4 Å². The van der Waals surface area contributed by atoms with Gasteiger partial charge in [-0.1, -0.05) is 11.8 Å². The van der Waals surface area contributed by atoms with Crippen LogP contribution in [-0.2, 0) is 6.42 Å². The average Bonchev–Trinajstić information content (AvgIpc) is 3.01. The molecule has 2 aromatic rings. The Balaban J connectivity index is 1.90. The number of hydrogen-bond acceptors (Lipinski definition) is 4. The molecule has 2 heterocycles. The van der Waals surface area contributed by atoms with Gasteiger partial charge in [-0.25, -0.2) is 0 Å². The van der Waals surface area contributed by atoms with Crippen LogP contribution in [0.2, 0.25) is 0 Å².